The highest BCUT2D eigenvalue weighted by Gasteiger charge is 2.48. The molecule has 0 saturated heterocycles. The predicted molar refractivity (Wildman–Crippen MR) is 145 cm³/mol. The van der Waals surface area contributed by atoms with E-state index in [1.807, 2.05) is 0 Å². The van der Waals surface area contributed by atoms with Crippen molar-refractivity contribution in [1.82, 2.24) is 0 Å². The lowest BCUT2D eigenvalue weighted by atomic mass is 9.61. The summed E-state index contributed by atoms with van der Waals surface area (Å²) in [5.74, 6) is -0.118. The van der Waals surface area contributed by atoms with Gasteiger partial charge in [-0.05, 0) is 99.3 Å². The fourth-order valence-corrected chi connectivity index (χ4v) is 8.38. The minimum absolute atomic E-state index is 0.132. The van der Waals surface area contributed by atoms with Gasteiger partial charge in [-0.3, -0.25) is 19.2 Å². The number of fused-ring (bicyclic) bond motifs is 2. The standard InChI is InChI=1S/C32H42O8/c1-37-29(33)25-15-17-27(23-9-5-3-7-21(23)25)31(35)39-19-11-13-20(14-12-19)40-32(36)28-18-16-26(30(34)38-2)22-8-4-6-10-24(22)28/h11-14,21-28H,3-10,15-18H2,1-2H3. The van der Waals surface area contributed by atoms with Crippen LogP contribution in [0.3, 0.4) is 0 Å². The molecular weight excluding hydrogens is 512 g/mol. The van der Waals surface area contributed by atoms with Gasteiger partial charge in [-0.2, -0.15) is 0 Å². The van der Waals surface area contributed by atoms with Gasteiger partial charge in [0.15, 0.2) is 0 Å². The first-order valence-corrected chi connectivity index (χ1v) is 15.1. The third kappa shape index (κ3) is 5.91. The summed E-state index contributed by atoms with van der Waals surface area (Å²) in [5, 5.41) is 0. The van der Waals surface area contributed by atoms with Gasteiger partial charge in [-0.1, -0.05) is 25.7 Å². The molecule has 5 rings (SSSR count). The van der Waals surface area contributed by atoms with Crippen LogP contribution in [0.1, 0.15) is 77.0 Å². The topological polar surface area (TPSA) is 105 Å². The summed E-state index contributed by atoms with van der Waals surface area (Å²) >= 11 is 0. The zero-order chi connectivity index (χ0) is 28.2. The van der Waals surface area contributed by atoms with E-state index in [0.29, 0.717) is 37.2 Å². The molecule has 0 N–H and O–H groups in total. The van der Waals surface area contributed by atoms with Crippen molar-refractivity contribution in [1.29, 1.82) is 0 Å². The molecule has 4 aliphatic rings. The second-order valence-electron chi connectivity index (χ2n) is 12.2. The molecule has 4 aliphatic carbocycles. The fourth-order valence-electron chi connectivity index (χ4n) is 8.38. The van der Waals surface area contributed by atoms with Crippen LogP contribution in [0.4, 0.5) is 0 Å². The summed E-state index contributed by atoms with van der Waals surface area (Å²) in [6.07, 6.45) is 10.5. The van der Waals surface area contributed by atoms with Gasteiger partial charge in [0, 0.05) is 0 Å². The van der Waals surface area contributed by atoms with Crippen molar-refractivity contribution < 1.29 is 38.1 Å². The number of methoxy groups -OCH3 is 2. The zero-order valence-electron chi connectivity index (χ0n) is 23.7. The first-order valence-electron chi connectivity index (χ1n) is 15.1. The van der Waals surface area contributed by atoms with Gasteiger partial charge in [0.1, 0.15) is 11.5 Å². The van der Waals surface area contributed by atoms with E-state index in [1.54, 1.807) is 24.3 Å². The number of rotatable bonds is 6. The van der Waals surface area contributed by atoms with Crippen LogP contribution < -0.4 is 9.47 Å². The van der Waals surface area contributed by atoms with Crippen molar-refractivity contribution in [3.05, 3.63) is 24.3 Å². The summed E-state index contributed by atoms with van der Waals surface area (Å²) in [6.45, 7) is 0. The highest BCUT2D eigenvalue weighted by Crippen LogP contribution is 2.49. The Labute approximate surface area is 236 Å². The van der Waals surface area contributed by atoms with Crippen LogP contribution in [-0.2, 0) is 28.7 Å². The number of hydrogen-bond acceptors (Lipinski definition) is 8. The third-order valence-electron chi connectivity index (χ3n) is 10.3. The fraction of sp³-hybridized carbons (Fsp3) is 0.688. The largest absolute Gasteiger partial charge is 0.469 e. The molecule has 218 valence electrons. The lowest BCUT2D eigenvalue weighted by Crippen LogP contribution is -2.44. The van der Waals surface area contributed by atoms with Crippen LogP contribution in [0.5, 0.6) is 11.5 Å². The van der Waals surface area contributed by atoms with E-state index >= 15 is 0 Å². The molecule has 40 heavy (non-hydrogen) atoms. The van der Waals surface area contributed by atoms with Gasteiger partial charge < -0.3 is 18.9 Å². The number of carbonyl (C=O) groups excluding carboxylic acids is 4. The van der Waals surface area contributed by atoms with Gasteiger partial charge in [0.2, 0.25) is 0 Å². The highest BCUT2D eigenvalue weighted by atomic mass is 16.5. The zero-order valence-corrected chi connectivity index (χ0v) is 23.7. The van der Waals surface area contributed by atoms with Crippen molar-refractivity contribution in [2.45, 2.75) is 77.0 Å². The quantitative estimate of drug-likeness (QED) is 0.335. The minimum atomic E-state index is -0.254. The summed E-state index contributed by atoms with van der Waals surface area (Å²) < 4.78 is 21.6. The number of carbonyl (C=O) groups is 4. The van der Waals surface area contributed by atoms with Crippen molar-refractivity contribution >= 4 is 23.9 Å². The Bertz CT molecular complexity index is 996. The van der Waals surface area contributed by atoms with E-state index in [9.17, 15) is 19.2 Å². The molecule has 8 heteroatoms. The molecule has 8 nitrogen and oxygen atoms in total. The van der Waals surface area contributed by atoms with Crippen LogP contribution in [-0.4, -0.2) is 38.1 Å². The number of benzene rings is 1. The van der Waals surface area contributed by atoms with E-state index in [1.165, 1.54) is 14.2 Å². The maximum Gasteiger partial charge on any atom is 0.314 e. The van der Waals surface area contributed by atoms with Crippen molar-refractivity contribution in [2.75, 3.05) is 14.2 Å². The Balaban J connectivity index is 1.18. The Kier molecular flexibility index (Phi) is 9.11. The Hall–Kier alpha value is -2.90. The van der Waals surface area contributed by atoms with E-state index in [2.05, 4.69) is 0 Å². The first-order chi connectivity index (χ1) is 19.4. The second kappa shape index (κ2) is 12.7. The lowest BCUT2D eigenvalue weighted by molar-refractivity contribution is -0.157. The average Bonchev–Trinajstić information content (AvgIpc) is 3.00. The molecule has 0 aliphatic heterocycles. The smallest absolute Gasteiger partial charge is 0.314 e. The average molecular weight is 555 g/mol. The van der Waals surface area contributed by atoms with Gasteiger partial charge in [-0.25, -0.2) is 0 Å². The Morgan fingerprint density at radius 3 is 1.02 bits per heavy atom. The molecule has 0 spiro atoms. The SMILES string of the molecule is COC(=O)C1CCC(C(=O)Oc2ccc(OC(=O)C3CCC(C(=O)OC)C4CCCCC34)cc2)C2CCCCC12. The highest BCUT2D eigenvalue weighted by molar-refractivity contribution is 5.79. The lowest BCUT2D eigenvalue weighted by Gasteiger charge is -2.43. The molecule has 1 aromatic carbocycles. The van der Waals surface area contributed by atoms with Crippen LogP contribution in [0.15, 0.2) is 24.3 Å². The van der Waals surface area contributed by atoms with Crippen LogP contribution >= 0.6 is 0 Å². The second-order valence-corrected chi connectivity index (χ2v) is 12.2. The maximum atomic E-state index is 13.2. The van der Waals surface area contributed by atoms with Crippen molar-refractivity contribution in [3.63, 3.8) is 0 Å². The molecule has 1 aromatic rings. The van der Waals surface area contributed by atoms with E-state index in [-0.39, 0.29) is 71.2 Å². The number of hydrogen-bond donors (Lipinski definition) is 0. The summed E-state index contributed by atoms with van der Waals surface area (Å²) in [4.78, 5) is 51.1. The number of ether oxygens (including phenoxy) is 4. The van der Waals surface area contributed by atoms with Gasteiger partial charge >= 0.3 is 23.9 Å². The molecule has 8 unspecified atom stereocenters. The number of esters is 4. The summed E-state index contributed by atoms with van der Waals surface area (Å²) in [5.41, 5.74) is 0. The Morgan fingerprint density at radius 1 is 0.475 bits per heavy atom. The normalized spacial score (nSPS) is 33.5. The van der Waals surface area contributed by atoms with Crippen LogP contribution in [0.25, 0.3) is 0 Å². The molecule has 8 atom stereocenters. The molecule has 0 radical (unpaired) electrons. The third-order valence-corrected chi connectivity index (χ3v) is 10.3. The molecular formula is C32H42O8. The van der Waals surface area contributed by atoms with E-state index < -0.39 is 0 Å². The predicted octanol–water partition coefficient (Wildman–Crippen LogP) is 5.51. The van der Waals surface area contributed by atoms with E-state index in [0.717, 1.165) is 51.4 Å². The van der Waals surface area contributed by atoms with Crippen molar-refractivity contribution in [2.24, 2.45) is 47.3 Å². The van der Waals surface area contributed by atoms with Gasteiger partial charge in [-0.15, -0.1) is 0 Å². The van der Waals surface area contributed by atoms with Crippen LogP contribution in [0, 0.1) is 47.3 Å². The van der Waals surface area contributed by atoms with Gasteiger partial charge in [0.25, 0.3) is 0 Å². The van der Waals surface area contributed by atoms with Crippen LogP contribution in [0.2, 0.25) is 0 Å². The minimum Gasteiger partial charge on any atom is -0.469 e. The van der Waals surface area contributed by atoms with Gasteiger partial charge in [0.05, 0.1) is 37.9 Å². The van der Waals surface area contributed by atoms with E-state index in [4.69, 9.17) is 18.9 Å². The monoisotopic (exact) mass is 554 g/mol. The molecule has 4 saturated carbocycles. The molecule has 0 bridgehead atoms. The summed E-state index contributed by atoms with van der Waals surface area (Å²) in [7, 11) is 2.87. The molecule has 0 heterocycles. The molecule has 0 aromatic heterocycles. The maximum absolute atomic E-state index is 13.2. The van der Waals surface area contributed by atoms with Crippen molar-refractivity contribution in [3.8, 4) is 11.5 Å². The molecule has 4 fully saturated rings. The first kappa shape index (κ1) is 28.6. The summed E-state index contributed by atoms with van der Waals surface area (Å²) in [6, 6.07) is 6.65. The molecule has 0 amide bonds. The Morgan fingerprint density at radius 2 is 0.750 bits per heavy atom.